The van der Waals surface area contributed by atoms with Gasteiger partial charge in [-0.2, -0.15) is 0 Å². The van der Waals surface area contributed by atoms with Gasteiger partial charge in [0, 0.05) is 18.7 Å². The summed E-state index contributed by atoms with van der Waals surface area (Å²) in [7, 11) is 1.88. The molecule has 0 saturated carbocycles. The van der Waals surface area contributed by atoms with Crippen molar-refractivity contribution in [2.24, 2.45) is 0 Å². The highest BCUT2D eigenvalue weighted by Crippen LogP contribution is 2.24. The van der Waals surface area contributed by atoms with Crippen molar-refractivity contribution in [1.29, 1.82) is 0 Å². The summed E-state index contributed by atoms with van der Waals surface area (Å²) in [5, 5.41) is 6.58. The Labute approximate surface area is 120 Å². The summed E-state index contributed by atoms with van der Waals surface area (Å²) in [6.45, 7) is 8.16. The van der Waals surface area contributed by atoms with E-state index >= 15 is 0 Å². The number of nitrogens with one attached hydrogen (secondary N) is 2. The maximum Gasteiger partial charge on any atom is 0.135 e. The first-order valence-electron chi connectivity index (χ1n) is 6.87. The normalized spacial score (nSPS) is 12.1. The fraction of sp³-hybridized carbons (Fsp3) is 0.375. The van der Waals surface area contributed by atoms with Crippen molar-refractivity contribution in [2.75, 3.05) is 17.7 Å². The van der Waals surface area contributed by atoms with Gasteiger partial charge in [-0.3, -0.25) is 0 Å². The number of hydrogen-bond donors (Lipinski definition) is 2. The average Bonchev–Trinajstić information content (AvgIpc) is 2.43. The first-order chi connectivity index (χ1) is 9.51. The van der Waals surface area contributed by atoms with E-state index in [0.717, 1.165) is 23.0 Å². The fourth-order valence-corrected chi connectivity index (χ4v) is 2.16. The van der Waals surface area contributed by atoms with Crippen molar-refractivity contribution < 1.29 is 0 Å². The summed E-state index contributed by atoms with van der Waals surface area (Å²) in [4.78, 5) is 8.88. The van der Waals surface area contributed by atoms with Gasteiger partial charge in [0.1, 0.15) is 17.5 Å². The number of benzene rings is 1. The molecule has 4 nitrogen and oxygen atoms in total. The molecule has 0 radical (unpaired) electrons. The van der Waals surface area contributed by atoms with Crippen LogP contribution in [0.5, 0.6) is 0 Å². The van der Waals surface area contributed by atoms with E-state index in [1.54, 1.807) is 0 Å². The molecule has 0 aliphatic carbocycles. The highest BCUT2D eigenvalue weighted by atomic mass is 15.1. The molecule has 4 heteroatoms. The van der Waals surface area contributed by atoms with Crippen molar-refractivity contribution in [3.8, 4) is 0 Å². The molecule has 1 atom stereocenters. The lowest BCUT2D eigenvalue weighted by Gasteiger charge is -2.18. The van der Waals surface area contributed by atoms with Gasteiger partial charge < -0.3 is 10.6 Å². The molecule has 1 aromatic heterocycles. The van der Waals surface area contributed by atoms with Crippen LogP contribution in [-0.2, 0) is 0 Å². The van der Waals surface area contributed by atoms with Gasteiger partial charge in [0.2, 0.25) is 0 Å². The Kier molecular flexibility index (Phi) is 4.23. The number of nitrogens with zero attached hydrogens (tertiary/aromatic N) is 2. The molecule has 2 aromatic rings. The van der Waals surface area contributed by atoms with Crippen molar-refractivity contribution in [2.45, 2.75) is 33.7 Å². The van der Waals surface area contributed by atoms with E-state index in [9.17, 15) is 0 Å². The van der Waals surface area contributed by atoms with Crippen LogP contribution in [0.15, 0.2) is 24.3 Å². The molecule has 0 saturated heterocycles. The van der Waals surface area contributed by atoms with Gasteiger partial charge in [0.15, 0.2) is 0 Å². The molecule has 0 spiro atoms. The smallest absolute Gasteiger partial charge is 0.135 e. The van der Waals surface area contributed by atoms with Crippen LogP contribution in [0.1, 0.15) is 35.5 Å². The molecule has 1 aromatic carbocycles. The van der Waals surface area contributed by atoms with Crippen LogP contribution in [0.25, 0.3) is 0 Å². The lowest BCUT2D eigenvalue weighted by Crippen LogP contribution is -2.12. The van der Waals surface area contributed by atoms with E-state index in [4.69, 9.17) is 0 Å². The predicted octanol–water partition coefficient (Wildman–Crippen LogP) is 3.62. The highest BCUT2D eigenvalue weighted by molar-refractivity contribution is 5.57. The first-order valence-corrected chi connectivity index (χ1v) is 6.87. The molecule has 2 rings (SSSR count). The SMILES string of the molecule is CNc1nc(C)nc(NC(C)c2ccc(C)cc2)c1C. The zero-order valence-electron chi connectivity index (χ0n) is 12.8. The third-order valence-electron chi connectivity index (χ3n) is 3.43. The molecule has 0 aliphatic rings. The second-order valence-corrected chi connectivity index (χ2v) is 5.12. The Balaban J connectivity index is 2.25. The zero-order valence-corrected chi connectivity index (χ0v) is 12.8. The Bertz CT molecular complexity index is 590. The van der Waals surface area contributed by atoms with Crippen molar-refractivity contribution >= 4 is 11.6 Å². The minimum Gasteiger partial charge on any atom is -0.373 e. The molecule has 0 fully saturated rings. The van der Waals surface area contributed by atoms with Crippen LogP contribution in [-0.4, -0.2) is 17.0 Å². The number of rotatable bonds is 4. The number of anilines is 2. The van der Waals surface area contributed by atoms with E-state index in [-0.39, 0.29) is 6.04 Å². The van der Waals surface area contributed by atoms with Gasteiger partial charge in [-0.15, -0.1) is 0 Å². The minimum absolute atomic E-state index is 0.202. The first kappa shape index (κ1) is 14.3. The van der Waals surface area contributed by atoms with Gasteiger partial charge >= 0.3 is 0 Å². The lowest BCUT2D eigenvalue weighted by molar-refractivity contribution is 0.862. The van der Waals surface area contributed by atoms with Crippen molar-refractivity contribution in [1.82, 2.24) is 9.97 Å². The topological polar surface area (TPSA) is 49.8 Å². The third-order valence-corrected chi connectivity index (χ3v) is 3.43. The van der Waals surface area contributed by atoms with E-state index in [0.29, 0.717) is 0 Å². The molecular weight excluding hydrogens is 248 g/mol. The van der Waals surface area contributed by atoms with Gasteiger partial charge in [-0.25, -0.2) is 9.97 Å². The minimum atomic E-state index is 0.202. The second kappa shape index (κ2) is 5.90. The second-order valence-electron chi connectivity index (χ2n) is 5.12. The van der Waals surface area contributed by atoms with Crippen LogP contribution < -0.4 is 10.6 Å². The quantitative estimate of drug-likeness (QED) is 0.891. The maximum absolute atomic E-state index is 4.50. The summed E-state index contributed by atoms with van der Waals surface area (Å²) in [6.07, 6.45) is 0. The monoisotopic (exact) mass is 270 g/mol. The molecule has 1 heterocycles. The lowest BCUT2D eigenvalue weighted by atomic mass is 10.1. The third kappa shape index (κ3) is 3.07. The Morgan fingerprint density at radius 1 is 0.950 bits per heavy atom. The average molecular weight is 270 g/mol. The predicted molar refractivity (Wildman–Crippen MR) is 84.3 cm³/mol. The number of aromatic nitrogens is 2. The van der Waals surface area contributed by atoms with Crippen molar-refractivity contribution in [3.05, 3.63) is 46.8 Å². The van der Waals surface area contributed by atoms with E-state index in [2.05, 4.69) is 58.7 Å². The molecule has 0 amide bonds. The summed E-state index contributed by atoms with van der Waals surface area (Å²) < 4.78 is 0. The number of hydrogen-bond acceptors (Lipinski definition) is 4. The number of aryl methyl sites for hydroxylation is 2. The van der Waals surface area contributed by atoms with E-state index < -0.39 is 0 Å². The van der Waals surface area contributed by atoms with Gasteiger partial charge in [0.25, 0.3) is 0 Å². The molecule has 1 unspecified atom stereocenters. The fourth-order valence-electron chi connectivity index (χ4n) is 2.16. The Morgan fingerprint density at radius 3 is 2.15 bits per heavy atom. The van der Waals surface area contributed by atoms with Crippen LogP contribution in [0.4, 0.5) is 11.6 Å². The largest absolute Gasteiger partial charge is 0.373 e. The highest BCUT2D eigenvalue weighted by Gasteiger charge is 2.11. The Morgan fingerprint density at radius 2 is 1.55 bits per heavy atom. The molecular formula is C16H22N4. The van der Waals surface area contributed by atoms with E-state index in [1.165, 1.54) is 11.1 Å². The standard InChI is InChI=1S/C16H22N4/c1-10-6-8-14(9-7-10)12(3)18-16-11(2)15(17-5)19-13(4)20-16/h6-9,12H,1-5H3,(H2,17,18,19,20). The van der Waals surface area contributed by atoms with Crippen LogP contribution in [0.2, 0.25) is 0 Å². The summed E-state index contributed by atoms with van der Waals surface area (Å²) in [6, 6.07) is 8.76. The summed E-state index contributed by atoms with van der Waals surface area (Å²) in [5.74, 6) is 2.52. The van der Waals surface area contributed by atoms with Crippen LogP contribution >= 0.6 is 0 Å². The molecule has 0 bridgehead atoms. The maximum atomic E-state index is 4.50. The van der Waals surface area contributed by atoms with Crippen LogP contribution in [0.3, 0.4) is 0 Å². The zero-order chi connectivity index (χ0) is 14.7. The van der Waals surface area contributed by atoms with Gasteiger partial charge in [0.05, 0.1) is 0 Å². The molecule has 0 aliphatic heterocycles. The van der Waals surface area contributed by atoms with Gasteiger partial charge in [-0.1, -0.05) is 29.8 Å². The van der Waals surface area contributed by atoms with Gasteiger partial charge in [-0.05, 0) is 33.3 Å². The summed E-state index contributed by atoms with van der Waals surface area (Å²) in [5.41, 5.74) is 3.56. The van der Waals surface area contributed by atoms with Crippen LogP contribution in [0, 0.1) is 20.8 Å². The summed E-state index contributed by atoms with van der Waals surface area (Å²) >= 11 is 0. The Hall–Kier alpha value is -2.10. The van der Waals surface area contributed by atoms with Crippen molar-refractivity contribution in [3.63, 3.8) is 0 Å². The van der Waals surface area contributed by atoms with E-state index in [1.807, 2.05) is 20.9 Å². The molecule has 106 valence electrons. The molecule has 2 N–H and O–H groups in total. The molecule has 20 heavy (non-hydrogen) atoms.